The summed E-state index contributed by atoms with van der Waals surface area (Å²) in [7, 11) is 0. The summed E-state index contributed by atoms with van der Waals surface area (Å²) in [4.78, 5) is 15.2. The number of nitrogens with zero attached hydrogens (tertiary/aromatic N) is 2. The lowest BCUT2D eigenvalue weighted by atomic mass is 10.1. The molecule has 140 valence electrons. The Kier molecular flexibility index (Phi) is 4.94. The lowest BCUT2D eigenvalue weighted by Gasteiger charge is -2.25. The third-order valence-corrected chi connectivity index (χ3v) is 5.50. The van der Waals surface area contributed by atoms with E-state index >= 15 is 0 Å². The van der Waals surface area contributed by atoms with Crippen LogP contribution in [-0.4, -0.2) is 40.1 Å². The molecule has 1 amide bonds. The molecular formula is C22H26N4O. The molecule has 0 spiro atoms. The number of nitrogens with one attached hydrogen (secondary N) is 2. The molecule has 4 rings (SSSR count). The topological polar surface area (TPSA) is 61.0 Å². The second-order valence-corrected chi connectivity index (χ2v) is 7.59. The summed E-state index contributed by atoms with van der Waals surface area (Å²) in [6.07, 6.45) is 4.10. The van der Waals surface area contributed by atoms with Crippen molar-refractivity contribution in [2.75, 3.05) is 13.1 Å². The van der Waals surface area contributed by atoms with Crippen LogP contribution in [0.3, 0.4) is 0 Å². The quantitative estimate of drug-likeness (QED) is 0.729. The van der Waals surface area contributed by atoms with Gasteiger partial charge in [-0.1, -0.05) is 29.8 Å². The minimum atomic E-state index is -0.00796. The van der Waals surface area contributed by atoms with Crippen molar-refractivity contribution in [3.05, 3.63) is 64.8 Å². The van der Waals surface area contributed by atoms with Gasteiger partial charge in [-0.3, -0.25) is 14.8 Å². The summed E-state index contributed by atoms with van der Waals surface area (Å²) in [6.45, 7) is 6.82. The summed E-state index contributed by atoms with van der Waals surface area (Å²) in [5, 5.41) is 11.2. The van der Waals surface area contributed by atoms with Gasteiger partial charge in [-0.2, -0.15) is 5.10 Å². The lowest BCUT2D eigenvalue weighted by molar-refractivity contribution is 0.0939. The number of aromatic amines is 1. The van der Waals surface area contributed by atoms with Gasteiger partial charge in [0.1, 0.15) is 0 Å². The SMILES string of the molecule is Cc1cccc(CN2CCCC2CNC(=O)c2cc3[nH]ncc3cc2C)c1. The number of aryl methyl sites for hydroxylation is 2. The molecule has 27 heavy (non-hydrogen) atoms. The Bertz CT molecular complexity index is 962. The molecule has 1 fully saturated rings. The second-order valence-electron chi connectivity index (χ2n) is 7.59. The summed E-state index contributed by atoms with van der Waals surface area (Å²) < 4.78 is 0. The highest BCUT2D eigenvalue weighted by Crippen LogP contribution is 2.21. The number of H-pyrrole nitrogens is 1. The van der Waals surface area contributed by atoms with Crippen LogP contribution >= 0.6 is 0 Å². The van der Waals surface area contributed by atoms with E-state index in [9.17, 15) is 4.79 Å². The number of hydrogen-bond donors (Lipinski definition) is 2. The van der Waals surface area contributed by atoms with Gasteiger partial charge in [0.05, 0.1) is 11.7 Å². The Balaban J connectivity index is 1.40. The molecule has 0 radical (unpaired) electrons. The molecule has 3 aromatic rings. The van der Waals surface area contributed by atoms with E-state index in [4.69, 9.17) is 0 Å². The van der Waals surface area contributed by atoms with Gasteiger partial charge in [-0.15, -0.1) is 0 Å². The van der Waals surface area contributed by atoms with E-state index in [0.717, 1.165) is 41.5 Å². The summed E-state index contributed by atoms with van der Waals surface area (Å²) in [6, 6.07) is 13.0. The highest BCUT2D eigenvalue weighted by molar-refractivity contribution is 5.99. The Morgan fingerprint density at radius 3 is 3.04 bits per heavy atom. The molecule has 0 saturated carbocycles. The van der Waals surface area contributed by atoms with E-state index in [1.54, 1.807) is 6.20 Å². The molecule has 1 aliphatic heterocycles. The number of aromatic nitrogens is 2. The first-order valence-electron chi connectivity index (χ1n) is 9.61. The number of carbonyl (C=O) groups excluding carboxylic acids is 1. The molecule has 2 N–H and O–H groups in total. The Hall–Kier alpha value is -2.66. The molecule has 1 atom stereocenters. The minimum absolute atomic E-state index is 0.00796. The molecular weight excluding hydrogens is 336 g/mol. The highest BCUT2D eigenvalue weighted by atomic mass is 16.1. The maximum absolute atomic E-state index is 12.7. The molecule has 1 unspecified atom stereocenters. The molecule has 1 saturated heterocycles. The third-order valence-electron chi connectivity index (χ3n) is 5.50. The Morgan fingerprint density at radius 1 is 1.30 bits per heavy atom. The maximum Gasteiger partial charge on any atom is 0.251 e. The monoisotopic (exact) mass is 362 g/mol. The zero-order valence-electron chi connectivity index (χ0n) is 16.0. The highest BCUT2D eigenvalue weighted by Gasteiger charge is 2.25. The van der Waals surface area contributed by atoms with E-state index in [1.807, 2.05) is 19.1 Å². The zero-order valence-corrected chi connectivity index (χ0v) is 16.0. The molecule has 5 nitrogen and oxygen atoms in total. The number of carbonyl (C=O) groups is 1. The van der Waals surface area contributed by atoms with Gasteiger partial charge in [0.2, 0.25) is 0 Å². The van der Waals surface area contributed by atoms with Crippen LogP contribution in [0.15, 0.2) is 42.6 Å². The van der Waals surface area contributed by atoms with Crippen LogP contribution in [0.4, 0.5) is 0 Å². The van der Waals surface area contributed by atoms with E-state index in [1.165, 1.54) is 17.5 Å². The van der Waals surface area contributed by atoms with Gasteiger partial charge >= 0.3 is 0 Å². The number of likely N-dealkylation sites (tertiary alicyclic amines) is 1. The van der Waals surface area contributed by atoms with Crippen LogP contribution in [0.25, 0.3) is 10.9 Å². The van der Waals surface area contributed by atoms with Crippen LogP contribution in [-0.2, 0) is 6.54 Å². The van der Waals surface area contributed by atoms with Crippen molar-refractivity contribution in [3.63, 3.8) is 0 Å². The van der Waals surface area contributed by atoms with E-state index in [-0.39, 0.29) is 5.91 Å². The number of amides is 1. The maximum atomic E-state index is 12.7. The standard InChI is InChI=1S/C22H26N4O/c1-15-5-3-6-17(9-15)14-26-8-4-7-19(26)13-23-22(27)20-11-21-18(10-16(20)2)12-24-25-21/h3,5-6,9-12,19H,4,7-8,13-14H2,1-2H3,(H,23,27)(H,24,25). The number of fused-ring (bicyclic) bond motifs is 1. The minimum Gasteiger partial charge on any atom is -0.350 e. The van der Waals surface area contributed by atoms with Crippen LogP contribution in [0.1, 0.15) is 39.9 Å². The molecule has 1 aliphatic rings. The summed E-state index contributed by atoms with van der Waals surface area (Å²) in [5.41, 5.74) is 5.22. The average Bonchev–Trinajstić information content (AvgIpc) is 3.27. The Labute approximate surface area is 159 Å². The van der Waals surface area contributed by atoms with Crippen LogP contribution < -0.4 is 5.32 Å². The van der Waals surface area contributed by atoms with E-state index in [2.05, 4.69) is 51.6 Å². The molecule has 2 aromatic carbocycles. The van der Waals surface area contributed by atoms with E-state index < -0.39 is 0 Å². The summed E-state index contributed by atoms with van der Waals surface area (Å²) in [5.74, 6) is -0.00796. The van der Waals surface area contributed by atoms with Gasteiger partial charge in [-0.05, 0) is 56.5 Å². The summed E-state index contributed by atoms with van der Waals surface area (Å²) >= 11 is 0. The second kappa shape index (κ2) is 7.53. The van der Waals surface area contributed by atoms with E-state index in [0.29, 0.717) is 12.6 Å². The molecule has 1 aromatic heterocycles. The number of rotatable bonds is 5. The van der Waals surface area contributed by atoms with Gasteiger partial charge in [0, 0.05) is 30.1 Å². The first-order valence-corrected chi connectivity index (χ1v) is 9.61. The van der Waals surface area contributed by atoms with Crippen LogP contribution in [0.5, 0.6) is 0 Å². The number of benzene rings is 2. The van der Waals surface area contributed by atoms with Crippen LogP contribution in [0, 0.1) is 13.8 Å². The fourth-order valence-corrected chi connectivity index (χ4v) is 4.04. The van der Waals surface area contributed by atoms with Crippen LogP contribution in [0.2, 0.25) is 0 Å². The molecule has 5 heteroatoms. The first-order chi connectivity index (χ1) is 13.1. The van der Waals surface area contributed by atoms with Crippen molar-refractivity contribution < 1.29 is 4.79 Å². The van der Waals surface area contributed by atoms with Gasteiger partial charge in [0.25, 0.3) is 5.91 Å². The molecule has 2 heterocycles. The predicted octanol–water partition coefficient (Wildman–Crippen LogP) is 3.57. The zero-order chi connectivity index (χ0) is 18.8. The van der Waals surface area contributed by atoms with Crippen molar-refractivity contribution in [1.29, 1.82) is 0 Å². The van der Waals surface area contributed by atoms with Crippen molar-refractivity contribution >= 4 is 16.8 Å². The van der Waals surface area contributed by atoms with Crippen molar-refractivity contribution in [3.8, 4) is 0 Å². The first kappa shape index (κ1) is 17.7. The fourth-order valence-electron chi connectivity index (χ4n) is 4.04. The van der Waals surface area contributed by atoms with Crippen molar-refractivity contribution in [2.24, 2.45) is 0 Å². The Morgan fingerprint density at radius 2 is 2.19 bits per heavy atom. The normalized spacial score (nSPS) is 17.5. The average molecular weight is 362 g/mol. The van der Waals surface area contributed by atoms with Crippen molar-refractivity contribution in [2.45, 2.75) is 39.3 Å². The van der Waals surface area contributed by atoms with Crippen molar-refractivity contribution in [1.82, 2.24) is 20.4 Å². The lowest BCUT2D eigenvalue weighted by Crippen LogP contribution is -2.40. The fraction of sp³-hybridized carbons (Fsp3) is 0.364. The van der Waals surface area contributed by atoms with Gasteiger partial charge < -0.3 is 5.32 Å². The van der Waals surface area contributed by atoms with Gasteiger partial charge in [-0.25, -0.2) is 0 Å². The molecule has 0 bridgehead atoms. The third kappa shape index (κ3) is 3.88. The molecule has 0 aliphatic carbocycles. The largest absolute Gasteiger partial charge is 0.350 e. The van der Waals surface area contributed by atoms with Gasteiger partial charge in [0.15, 0.2) is 0 Å². The predicted molar refractivity (Wildman–Crippen MR) is 108 cm³/mol. The smallest absolute Gasteiger partial charge is 0.251 e. The number of hydrogen-bond acceptors (Lipinski definition) is 3.